The average Bonchev–Trinajstić information content (AvgIpc) is 2.92. The number of carbonyl (C=O) groups is 2. The van der Waals surface area contributed by atoms with Gasteiger partial charge in [-0.25, -0.2) is 0 Å². The Hall–Kier alpha value is -0.560. The maximum Gasteiger partial charge on any atom is 0.241 e. The van der Waals surface area contributed by atoms with E-state index in [1.165, 1.54) is 0 Å². The molecule has 1 aliphatic heterocycles. The van der Waals surface area contributed by atoms with E-state index in [1.807, 2.05) is 18.7 Å². The number of nitrogens with two attached hydrogens (primary N) is 1. The van der Waals surface area contributed by atoms with Gasteiger partial charge in [0, 0.05) is 19.6 Å². The van der Waals surface area contributed by atoms with Gasteiger partial charge >= 0.3 is 0 Å². The van der Waals surface area contributed by atoms with Crippen molar-refractivity contribution in [1.82, 2.24) is 15.1 Å². The van der Waals surface area contributed by atoms with E-state index in [9.17, 15) is 9.59 Å². The molecule has 0 aromatic carbocycles. The lowest BCUT2D eigenvalue weighted by atomic mass is 10.1. The maximum absolute atomic E-state index is 12.2. The summed E-state index contributed by atoms with van der Waals surface area (Å²) < 4.78 is 0. The molecule has 1 heterocycles. The van der Waals surface area contributed by atoms with Crippen molar-refractivity contribution < 1.29 is 9.59 Å². The zero-order valence-corrected chi connectivity index (χ0v) is 16.9. The predicted octanol–water partition coefficient (Wildman–Crippen LogP) is 1.12. The van der Waals surface area contributed by atoms with Crippen LogP contribution in [0.3, 0.4) is 0 Å². The number of likely N-dealkylation sites (tertiary alicyclic amines) is 1. The van der Waals surface area contributed by atoms with E-state index < -0.39 is 6.04 Å². The number of hydrogen-bond acceptors (Lipinski definition) is 4. The Morgan fingerprint density at radius 1 is 1.33 bits per heavy atom. The highest BCUT2D eigenvalue weighted by Crippen LogP contribution is 2.17. The van der Waals surface area contributed by atoms with Crippen molar-refractivity contribution in [2.75, 3.05) is 39.8 Å². The first kappa shape index (κ1) is 25.7. The van der Waals surface area contributed by atoms with Crippen LogP contribution < -0.4 is 11.1 Å². The number of rotatable bonds is 8. The van der Waals surface area contributed by atoms with Crippen molar-refractivity contribution in [1.29, 1.82) is 0 Å². The van der Waals surface area contributed by atoms with Crippen LogP contribution in [-0.2, 0) is 9.59 Å². The minimum absolute atomic E-state index is 0. The van der Waals surface area contributed by atoms with Gasteiger partial charge in [0.05, 0.1) is 12.6 Å². The summed E-state index contributed by atoms with van der Waals surface area (Å²) >= 11 is 0. The summed E-state index contributed by atoms with van der Waals surface area (Å²) in [5.41, 5.74) is 5.76. The summed E-state index contributed by atoms with van der Waals surface area (Å²) in [6, 6.07) is -0.554. The van der Waals surface area contributed by atoms with E-state index in [2.05, 4.69) is 24.2 Å². The highest BCUT2D eigenvalue weighted by atomic mass is 35.5. The van der Waals surface area contributed by atoms with E-state index >= 15 is 0 Å². The van der Waals surface area contributed by atoms with Crippen LogP contribution in [0.2, 0.25) is 0 Å². The maximum atomic E-state index is 12.2. The summed E-state index contributed by atoms with van der Waals surface area (Å²) in [6.07, 6.45) is 2.19. The summed E-state index contributed by atoms with van der Waals surface area (Å²) in [5.74, 6) is 0.348. The Balaban J connectivity index is 0. The summed E-state index contributed by atoms with van der Waals surface area (Å²) in [4.78, 5) is 28.1. The molecule has 144 valence electrons. The van der Waals surface area contributed by atoms with Gasteiger partial charge in [-0.2, -0.15) is 0 Å². The zero-order chi connectivity index (χ0) is 16.7. The normalized spacial score (nSPS) is 18.1. The van der Waals surface area contributed by atoms with E-state index in [0.717, 1.165) is 39.0 Å². The Labute approximate surface area is 158 Å². The van der Waals surface area contributed by atoms with Crippen molar-refractivity contribution in [3.63, 3.8) is 0 Å². The van der Waals surface area contributed by atoms with Crippen molar-refractivity contribution in [2.45, 2.75) is 39.7 Å². The van der Waals surface area contributed by atoms with Gasteiger partial charge in [-0.05, 0) is 38.3 Å². The van der Waals surface area contributed by atoms with Crippen molar-refractivity contribution in [2.24, 2.45) is 17.6 Å². The third-order valence-corrected chi connectivity index (χ3v) is 4.25. The standard InChI is InChI=1S/C16H32N4O2.2ClH/c1-5-7-19(4)10-13-6-8-20(11-13)14(21)9-18-16(22)15(17)12(2)3;;/h12-13,15H,5-11,17H2,1-4H3,(H,18,22);2*1H/t13?,15-;;/m0../s1. The zero-order valence-electron chi connectivity index (χ0n) is 15.3. The van der Waals surface area contributed by atoms with Crippen molar-refractivity contribution >= 4 is 36.6 Å². The van der Waals surface area contributed by atoms with Crippen LogP contribution in [0.1, 0.15) is 33.6 Å². The first-order valence-electron chi connectivity index (χ1n) is 8.34. The number of amides is 2. The summed E-state index contributed by atoms with van der Waals surface area (Å²) in [7, 11) is 2.13. The average molecular weight is 385 g/mol. The van der Waals surface area contributed by atoms with Crippen LogP contribution >= 0.6 is 24.8 Å². The number of halogens is 2. The first-order valence-corrected chi connectivity index (χ1v) is 8.34. The molecule has 1 aliphatic rings. The molecule has 0 aromatic rings. The molecule has 6 nitrogen and oxygen atoms in total. The Kier molecular flexibility index (Phi) is 13.6. The topological polar surface area (TPSA) is 78.7 Å². The van der Waals surface area contributed by atoms with E-state index in [4.69, 9.17) is 5.73 Å². The number of carbonyl (C=O) groups excluding carboxylic acids is 2. The van der Waals surface area contributed by atoms with E-state index in [0.29, 0.717) is 5.92 Å². The highest BCUT2D eigenvalue weighted by molar-refractivity contribution is 5.87. The molecule has 3 N–H and O–H groups in total. The van der Waals surface area contributed by atoms with Gasteiger partial charge in [0.1, 0.15) is 0 Å². The molecule has 2 atom stereocenters. The lowest BCUT2D eigenvalue weighted by Gasteiger charge is -2.21. The molecule has 2 amide bonds. The fourth-order valence-electron chi connectivity index (χ4n) is 2.82. The number of nitrogens with zero attached hydrogens (tertiary/aromatic N) is 2. The van der Waals surface area contributed by atoms with Crippen LogP contribution in [0.4, 0.5) is 0 Å². The molecule has 0 radical (unpaired) electrons. The SMILES string of the molecule is CCCN(C)CC1CCN(C(=O)CNC(=O)[C@@H](N)C(C)C)C1.Cl.Cl. The largest absolute Gasteiger partial charge is 0.346 e. The number of hydrogen-bond donors (Lipinski definition) is 2. The monoisotopic (exact) mass is 384 g/mol. The van der Waals surface area contributed by atoms with Crippen molar-refractivity contribution in [3.05, 3.63) is 0 Å². The Bertz CT molecular complexity index is 383. The fraction of sp³-hybridized carbons (Fsp3) is 0.875. The fourth-order valence-corrected chi connectivity index (χ4v) is 2.82. The van der Waals surface area contributed by atoms with E-state index in [-0.39, 0.29) is 49.1 Å². The van der Waals surface area contributed by atoms with Gasteiger partial charge in [0.25, 0.3) is 0 Å². The summed E-state index contributed by atoms with van der Waals surface area (Å²) in [5, 5.41) is 2.65. The molecule has 1 fully saturated rings. The van der Waals surface area contributed by atoms with Crippen LogP contribution in [-0.4, -0.2) is 67.4 Å². The molecule has 0 bridgehead atoms. The molecule has 1 saturated heterocycles. The molecule has 8 heteroatoms. The predicted molar refractivity (Wildman–Crippen MR) is 103 cm³/mol. The highest BCUT2D eigenvalue weighted by Gasteiger charge is 2.27. The van der Waals surface area contributed by atoms with Crippen LogP contribution in [0.5, 0.6) is 0 Å². The molecule has 1 rings (SSSR count). The van der Waals surface area contributed by atoms with Gasteiger partial charge in [-0.15, -0.1) is 24.8 Å². The number of nitrogens with one attached hydrogen (secondary N) is 1. The molecule has 24 heavy (non-hydrogen) atoms. The molecule has 0 aromatic heterocycles. The Morgan fingerprint density at radius 2 is 1.96 bits per heavy atom. The molecule has 0 saturated carbocycles. The first-order chi connectivity index (χ1) is 10.3. The Morgan fingerprint density at radius 3 is 2.50 bits per heavy atom. The third-order valence-electron chi connectivity index (χ3n) is 4.25. The second-order valence-electron chi connectivity index (χ2n) is 6.74. The lowest BCUT2D eigenvalue weighted by Crippen LogP contribution is -2.47. The van der Waals surface area contributed by atoms with Gasteiger partial charge in [0.2, 0.25) is 11.8 Å². The van der Waals surface area contributed by atoms with Gasteiger partial charge < -0.3 is 20.9 Å². The lowest BCUT2D eigenvalue weighted by molar-refractivity contribution is -0.132. The molecule has 1 unspecified atom stereocenters. The molecular formula is C16H34Cl2N4O2. The van der Waals surface area contributed by atoms with Gasteiger partial charge in [0.15, 0.2) is 0 Å². The van der Waals surface area contributed by atoms with Gasteiger partial charge in [-0.3, -0.25) is 9.59 Å². The van der Waals surface area contributed by atoms with Crippen molar-refractivity contribution in [3.8, 4) is 0 Å². The minimum atomic E-state index is -0.554. The minimum Gasteiger partial charge on any atom is -0.346 e. The smallest absolute Gasteiger partial charge is 0.241 e. The van der Waals surface area contributed by atoms with Crippen LogP contribution in [0, 0.1) is 11.8 Å². The van der Waals surface area contributed by atoms with E-state index in [1.54, 1.807) is 0 Å². The second-order valence-corrected chi connectivity index (χ2v) is 6.74. The second kappa shape index (κ2) is 12.8. The van der Waals surface area contributed by atoms with Crippen LogP contribution in [0.15, 0.2) is 0 Å². The quantitative estimate of drug-likeness (QED) is 0.656. The molecule has 0 aliphatic carbocycles. The third kappa shape index (κ3) is 8.51. The summed E-state index contributed by atoms with van der Waals surface area (Å²) in [6.45, 7) is 9.71. The molecular weight excluding hydrogens is 351 g/mol. The molecule has 0 spiro atoms. The van der Waals surface area contributed by atoms with Gasteiger partial charge in [-0.1, -0.05) is 20.8 Å². The van der Waals surface area contributed by atoms with Crippen LogP contribution in [0.25, 0.3) is 0 Å².